The molecule has 0 bridgehead atoms. The number of carbonyl (C=O) groups excluding carboxylic acids is 1. The Kier molecular flexibility index (Phi) is 5.38. The lowest BCUT2D eigenvalue weighted by Gasteiger charge is -2.07. The van der Waals surface area contributed by atoms with Crippen LogP contribution in [0.3, 0.4) is 0 Å². The summed E-state index contributed by atoms with van der Waals surface area (Å²) in [6, 6.07) is 13.6. The number of alkyl halides is 1. The molecule has 104 valence electrons. The summed E-state index contributed by atoms with van der Waals surface area (Å²) in [6.45, 7) is 1.97. The quantitative estimate of drug-likeness (QED) is 0.728. The van der Waals surface area contributed by atoms with Gasteiger partial charge < -0.3 is 5.32 Å². The van der Waals surface area contributed by atoms with Gasteiger partial charge >= 0.3 is 0 Å². The zero-order chi connectivity index (χ0) is 14.5. The Morgan fingerprint density at radius 1 is 1.15 bits per heavy atom. The average molecular weight is 397 g/mol. The van der Waals surface area contributed by atoms with Crippen molar-refractivity contribution in [2.45, 2.75) is 13.3 Å². The van der Waals surface area contributed by atoms with Gasteiger partial charge in [0.05, 0.1) is 0 Å². The molecule has 2 aromatic rings. The van der Waals surface area contributed by atoms with E-state index in [1.807, 2.05) is 49.4 Å². The molecule has 2 rings (SSSR count). The van der Waals surface area contributed by atoms with Crippen molar-refractivity contribution >= 4 is 43.5 Å². The lowest BCUT2D eigenvalue weighted by atomic mass is 10.1. The maximum absolute atomic E-state index is 12.2. The molecule has 0 atom stereocenters. The topological polar surface area (TPSA) is 29.1 Å². The second-order valence-electron chi connectivity index (χ2n) is 4.61. The minimum Gasteiger partial charge on any atom is -0.322 e. The van der Waals surface area contributed by atoms with E-state index in [1.165, 1.54) is 5.56 Å². The molecule has 4 heteroatoms. The summed E-state index contributed by atoms with van der Waals surface area (Å²) in [5, 5.41) is 3.85. The minimum absolute atomic E-state index is 0.0948. The first kappa shape index (κ1) is 15.3. The lowest BCUT2D eigenvalue weighted by molar-refractivity contribution is 0.102. The van der Waals surface area contributed by atoms with Crippen molar-refractivity contribution < 1.29 is 4.79 Å². The number of halogens is 2. The van der Waals surface area contributed by atoms with Crippen molar-refractivity contribution in [2.24, 2.45) is 0 Å². The zero-order valence-corrected chi connectivity index (χ0v) is 14.3. The summed E-state index contributed by atoms with van der Waals surface area (Å²) in [4.78, 5) is 12.2. The van der Waals surface area contributed by atoms with Crippen LogP contribution in [0.4, 0.5) is 5.69 Å². The Morgan fingerprint density at radius 2 is 1.85 bits per heavy atom. The Labute approximate surface area is 135 Å². The molecule has 0 spiro atoms. The van der Waals surface area contributed by atoms with Gasteiger partial charge in [-0.2, -0.15) is 0 Å². The first-order chi connectivity index (χ1) is 9.58. The highest BCUT2D eigenvalue weighted by Gasteiger charge is 2.07. The van der Waals surface area contributed by atoms with Crippen molar-refractivity contribution in [1.82, 2.24) is 0 Å². The minimum atomic E-state index is -0.0948. The van der Waals surface area contributed by atoms with Crippen LogP contribution in [0.1, 0.15) is 21.5 Å². The second kappa shape index (κ2) is 7.04. The van der Waals surface area contributed by atoms with Crippen LogP contribution in [-0.4, -0.2) is 11.2 Å². The second-order valence-corrected chi connectivity index (χ2v) is 6.32. The number of anilines is 1. The van der Waals surface area contributed by atoms with Gasteiger partial charge in [0.15, 0.2) is 0 Å². The number of amides is 1. The van der Waals surface area contributed by atoms with Gasteiger partial charge in [0.2, 0.25) is 0 Å². The molecule has 0 saturated heterocycles. The molecule has 1 amide bonds. The van der Waals surface area contributed by atoms with E-state index >= 15 is 0 Å². The lowest BCUT2D eigenvalue weighted by Crippen LogP contribution is -2.12. The SMILES string of the molecule is Cc1cc(Br)cc(C(=O)Nc2ccc(CCBr)cc2)c1. The smallest absolute Gasteiger partial charge is 0.255 e. The van der Waals surface area contributed by atoms with E-state index in [0.29, 0.717) is 5.56 Å². The number of aryl methyl sites for hydroxylation is 2. The molecule has 0 aliphatic carbocycles. The van der Waals surface area contributed by atoms with Crippen LogP contribution >= 0.6 is 31.9 Å². The molecule has 2 aromatic carbocycles. The normalized spacial score (nSPS) is 10.3. The van der Waals surface area contributed by atoms with Crippen LogP contribution in [0.2, 0.25) is 0 Å². The predicted octanol–water partition coefficient (Wildman–Crippen LogP) is 4.95. The molecule has 0 radical (unpaired) electrons. The van der Waals surface area contributed by atoms with Crippen molar-refractivity contribution in [2.75, 3.05) is 10.6 Å². The first-order valence-corrected chi connectivity index (χ1v) is 8.23. The van der Waals surface area contributed by atoms with Crippen molar-refractivity contribution in [3.05, 3.63) is 63.6 Å². The molecule has 0 heterocycles. The Balaban J connectivity index is 2.10. The van der Waals surface area contributed by atoms with E-state index in [1.54, 1.807) is 0 Å². The summed E-state index contributed by atoms with van der Waals surface area (Å²) in [6.07, 6.45) is 0.985. The van der Waals surface area contributed by atoms with E-state index in [9.17, 15) is 4.79 Å². The van der Waals surface area contributed by atoms with Gasteiger partial charge in [0.25, 0.3) is 5.91 Å². The van der Waals surface area contributed by atoms with Gasteiger partial charge in [-0.25, -0.2) is 0 Å². The highest BCUT2D eigenvalue weighted by atomic mass is 79.9. The number of hydrogen-bond acceptors (Lipinski definition) is 1. The molecule has 0 aliphatic heterocycles. The standard InChI is InChI=1S/C16H15Br2NO/c1-11-8-13(10-14(18)9-11)16(20)19-15-4-2-12(3-5-15)6-7-17/h2-5,8-10H,6-7H2,1H3,(H,19,20). The van der Waals surface area contributed by atoms with Crippen LogP contribution < -0.4 is 5.32 Å². The summed E-state index contributed by atoms with van der Waals surface area (Å²) in [5.41, 5.74) is 3.77. The van der Waals surface area contributed by atoms with Gasteiger partial charge in [-0.15, -0.1) is 0 Å². The Morgan fingerprint density at radius 3 is 2.45 bits per heavy atom. The third kappa shape index (κ3) is 4.18. The number of nitrogens with one attached hydrogen (secondary N) is 1. The maximum Gasteiger partial charge on any atom is 0.255 e. The number of carbonyl (C=O) groups is 1. The third-order valence-electron chi connectivity index (χ3n) is 2.90. The summed E-state index contributed by atoms with van der Waals surface area (Å²) >= 11 is 6.82. The van der Waals surface area contributed by atoms with Crippen LogP contribution in [0.5, 0.6) is 0 Å². The van der Waals surface area contributed by atoms with Gasteiger partial charge in [-0.3, -0.25) is 4.79 Å². The Hall–Kier alpha value is -1.13. The molecule has 1 N–H and O–H groups in total. The highest BCUT2D eigenvalue weighted by Crippen LogP contribution is 2.17. The fourth-order valence-corrected chi connectivity index (χ4v) is 3.00. The van der Waals surface area contributed by atoms with Crippen molar-refractivity contribution in [3.63, 3.8) is 0 Å². The number of hydrogen-bond donors (Lipinski definition) is 1. The van der Waals surface area contributed by atoms with Crippen LogP contribution in [0.25, 0.3) is 0 Å². The summed E-state index contributed by atoms with van der Waals surface area (Å²) in [7, 11) is 0. The van der Waals surface area contributed by atoms with Crippen LogP contribution in [0, 0.1) is 6.92 Å². The maximum atomic E-state index is 12.2. The summed E-state index contributed by atoms with van der Waals surface area (Å²) < 4.78 is 0.912. The highest BCUT2D eigenvalue weighted by molar-refractivity contribution is 9.10. The number of benzene rings is 2. The molecule has 0 aromatic heterocycles. The third-order valence-corrected chi connectivity index (χ3v) is 3.75. The van der Waals surface area contributed by atoms with Gasteiger partial charge in [-0.05, 0) is 54.8 Å². The summed E-state index contributed by atoms with van der Waals surface area (Å²) in [5.74, 6) is -0.0948. The molecule has 0 aliphatic rings. The van der Waals surface area contributed by atoms with E-state index in [0.717, 1.165) is 27.5 Å². The van der Waals surface area contributed by atoms with Gasteiger partial charge in [-0.1, -0.05) is 44.0 Å². The van der Waals surface area contributed by atoms with Crippen LogP contribution in [-0.2, 0) is 6.42 Å². The van der Waals surface area contributed by atoms with E-state index < -0.39 is 0 Å². The monoisotopic (exact) mass is 395 g/mol. The van der Waals surface area contributed by atoms with Gasteiger partial charge in [0.1, 0.15) is 0 Å². The van der Waals surface area contributed by atoms with E-state index in [2.05, 4.69) is 37.2 Å². The predicted molar refractivity (Wildman–Crippen MR) is 90.8 cm³/mol. The molecular weight excluding hydrogens is 382 g/mol. The molecule has 0 saturated carbocycles. The Bertz CT molecular complexity index is 588. The fourth-order valence-electron chi connectivity index (χ4n) is 1.93. The van der Waals surface area contributed by atoms with Crippen LogP contribution in [0.15, 0.2) is 46.9 Å². The van der Waals surface area contributed by atoms with Crippen molar-refractivity contribution in [3.8, 4) is 0 Å². The first-order valence-electron chi connectivity index (χ1n) is 6.32. The largest absolute Gasteiger partial charge is 0.322 e. The van der Waals surface area contributed by atoms with E-state index in [4.69, 9.17) is 0 Å². The average Bonchev–Trinajstić information content (AvgIpc) is 2.40. The van der Waals surface area contributed by atoms with Gasteiger partial charge in [0, 0.05) is 21.1 Å². The zero-order valence-electron chi connectivity index (χ0n) is 11.1. The number of rotatable bonds is 4. The fraction of sp³-hybridized carbons (Fsp3) is 0.188. The van der Waals surface area contributed by atoms with E-state index in [-0.39, 0.29) is 5.91 Å². The molecule has 20 heavy (non-hydrogen) atoms. The van der Waals surface area contributed by atoms with Crippen molar-refractivity contribution in [1.29, 1.82) is 0 Å². The molecule has 0 fully saturated rings. The molecular formula is C16H15Br2NO. The molecule has 0 unspecified atom stereocenters. The molecule has 2 nitrogen and oxygen atoms in total.